The molecule has 0 saturated carbocycles. The summed E-state index contributed by atoms with van der Waals surface area (Å²) in [6.07, 6.45) is 18.0. The van der Waals surface area contributed by atoms with E-state index in [1.165, 1.54) is 141 Å². The Morgan fingerprint density at radius 3 is 1.41 bits per heavy atom. The van der Waals surface area contributed by atoms with E-state index in [2.05, 4.69) is 144 Å². The number of rotatable bonds is 31. The smallest absolute Gasteiger partial charge is 0.142 e. The third-order valence-electron chi connectivity index (χ3n) is 13.4. The zero-order valence-electron chi connectivity index (χ0n) is 40.2. The number of ether oxygens (including phenoxy) is 2. The van der Waals surface area contributed by atoms with Crippen LogP contribution in [0.1, 0.15) is 138 Å². The topological polar surface area (TPSA) is 21.7 Å². The summed E-state index contributed by atoms with van der Waals surface area (Å²) >= 11 is 0. The van der Waals surface area contributed by atoms with Crippen LogP contribution in [0.2, 0.25) is 36.3 Å². The predicted molar refractivity (Wildman–Crippen MR) is 284 cm³/mol. The molecule has 0 aromatic heterocycles. The number of anilines is 1. The molecule has 0 heterocycles. The van der Waals surface area contributed by atoms with Crippen LogP contribution >= 0.6 is 16.0 Å². The van der Waals surface area contributed by atoms with Gasteiger partial charge in [-0.1, -0.05) is 251 Å². The van der Waals surface area contributed by atoms with Crippen LogP contribution in [0.25, 0.3) is 11.1 Å². The zero-order chi connectivity index (χ0) is 43.9. The molecule has 0 N–H and O–H groups in total. The Morgan fingerprint density at radius 1 is 0.475 bits per heavy atom. The molecule has 4 aromatic rings. The molecule has 2 unspecified atom stereocenters. The monoisotopic (exact) mass is 898 g/mol. The highest BCUT2D eigenvalue weighted by molar-refractivity contribution is 8.28. The molecule has 3 nitrogen and oxygen atoms in total. The summed E-state index contributed by atoms with van der Waals surface area (Å²) in [4.78, 5) is 0. The first-order valence-corrected chi connectivity index (χ1v) is 33.1. The van der Waals surface area contributed by atoms with Crippen LogP contribution in [0.15, 0.2) is 91.0 Å². The van der Waals surface area contributed by atoms with Crippen LogP contribution in [-0.2, 0) is 0 Å². The van der Waals surface area contributed by atoms with Crippen LogP contribution in [0.4, 0.5) is 5.69 Å². The minimum absolute atomic E-state index is 0.583. The van der Waals surface area contributed by atoms with Gasteiger partial charge in [0.2, 0.25) is 0 Å². The van der Waals surface area contributed by atoms with Crippen molar-refractivity contribution in [3.05, 3.63) is 91.0 Å². The summed E-state index contributed by atoms with van der Waals surface area (Å²) in [6, 6.07) is 44.4. The summed E-state index contributed by atoms with van der Waals surface area (Å²) in [5.41, 5.74) is 3.85. The van der Waals surface area contributed by atoms with Gasteiger partial charge in [-0.05, 0) is 43.8 Å². The van der Waals surface area contributed by atoms with Crippen molar-refractivity contribution in [1.82, 2.24) is 0 Å². The van der Waals surface area contributed by atoms with E-state index < -0.39 is 23.9 Å². The van der Waals surface area contributed by atoms with Gasteiger partial charge >= 0.3 is 0 Å². The van der Waals surface area contributed by atoms with Crippen molar-refractivity contribution < 1.29 is 9.47 Å². The highest BCUT2D eigenvalue weighted by Gasteiger charge is 2.36. The van der Waals surface area contributed by atoms with Crippen LogP contribution in [0, 0.1) is 0 Å². The van der Waals surface area contributed by atoms with Crippen LogP contribution in [0.5, 0.6) is 11.5 Å². The lowest BCUT2D eigenvalue weighted by Crippen LogP contribution is -2.48. The molecule has 0 aliphatic carbocycles. The van der Waals surface area contributed by atoms with Crippen molar-refractivity contribution >= 4 is 58.8 Å². The molecule has 0 amide bonds. The van der Waals surface area contributed by atoms with E-state index in [-0.39, 0.29) is 0 Å². The third kappa shape index (κ3) is 14.0. The van der Waals surface area contributed by atoms with Crippen molar-refractivity contribution in [3.8, 4) is 22.6 Å². The lowest BCUT2D eigenvalue weighted by atomic mass is 10.0. The van der Waals surface area contributed by atoms with Gasteiger partial charge in [-0.25, -0.2) is 0 Å². The first kappa shape index (κ1) is 51.2. The van der Waals surface area contributed by atoms with Crippen molar-refractivity contribution in [2.24, 2.45) is 0 Å². The summed E-state index contributed by atoms with van der Waals surface area (Å²) in [5, 5.41) is 6.32. The van der Waals surface area contributed by atoms with E-state index in [9.17, 15) is 0 Å². The van der Waals surface area contributed by atoms with E-state index in [4.69, 9.17) is 9.47 Å². The molecule has 0 radical (unpaired) electrons. The third-order valence-corrected chi connectivity index (χ3v) is 29.8. The van der Waals surface area contributed by atoms with Gasteiger partial charge < -0.3 is 14.1 Å². The molecule has 0 saturated heterocycles. The number of nitrogens with zero attached hydrogens (tertiary/aromatic N) is 1. The van der Waals surface area contributed by atoms with Gasteiger partial charge in [0.05, 0.1) is 36.1 Å². The van der Waals surface area contributed by atoms with Crippen molar-refractivity contribution in [1.29, 1.82) is 0 Å². The van der Waals surface area contributed by atoms with Gasteiger partial charge in [0.15, 0.2) is 0 Å². The molecule has 61 heavy (non-hydrogen) atoms. The second-order valence-electron chi connectivity index (χ2n) is 17.8. The Morgan fingerprint density at radius 2 is 0.918 bits per heavy atom. The number of unbranched alkanes of at least 4 members (excludes halogenated alkanes) is 7. The van der Waals surface area contributed by atoms with Crippen LogP contribution < -0.4 is 35.1 Å². The molecule has 336 valence electrons. The SMILES string of the molecule is CCCCN(c1ccccc1OC)P(Pc1ccc([Si](CCCC)(CCCC)CCCC)cc1-c1ccccc1OC)c1ccc([Si](CCCC)(CCCC)CCCC)cc1. The number of para-hydroxylation sites is 3. The highest BCUT2D eigenvalue weighted by Crippen LogP contribution is 2.60. The maximum atomic E-state index is 6.19. The van der Waals surface area contributed by atoms with Crippen molar-refractivity contribution in [2.45, 2.75) is 175 Å². The first-order valence-electron chi connectivity index (χ1n) is 24.7. The highest BCUT2D eigenvalue weighted by atomic mass is 32.1. The fourth-order valence-corrected chi connectivity index (χ4v) is 26.2. The Labute approximate surface area is 380 Å². The quantitative estimate of drug-likeness (QED) is 0.0371. The average Bonchev–Trinajstić information content (AvgIpc) is 3.31. The van der Waals surface area contributed by atoms with Crippen molar-refractivity contribution in [2.75, 3.05) is 25.4 Å². The Kier molecular flexibility index (Phi) is 23.2. The van der Waals surface area contributed by atoms with Gasteiger partial charge in [0.1, 0.15) is 11.5 Å². The fraction of sp³-hybridized carbons (Fsp3) is 0.556. The van der Waals surface area contributed by atoms with Gasteiger partial charge in [-0.15, -0.1) is 0 Å². The summed E-state index contributed by atoms with van der Waals surface area (Å²) in [7, 11) is 0.0551. The molecule has 4 rings (SSSR count). The van der Waals surface area contributed by atoms with Gasteiger partial charge in [-0.2, -0.15) is 0 Å². The minimum atomic E-state index is -1.77. The maximum absolute atomic E-state index is 6.19. The number of benzene rings is 4. The van der Waals surface area contributed by atoms with E-state index in [0.717, 1.165) is 30.9 Å². The second-order valence-corrected chi connectivity index (χ2v) is 31.4. The lowest BCUT2D eigenvalue weighted by molar-refractivity contribution is 0.415. The molecule has 0 aliphatic heterocycles. The molecule has 0 spiro atoms. The van der Waals surface area contributed by atoms with Gasteiger partial charge in [0.25, 0.3) is 0 Å². The molecule has 2 atom stereocenters. The summed E-state index contributed by atoms with van der Waals surface area (Å²) in [5.74, 6) is 1.94. The first-order chi connectivity index (χ1) is 29.8. The molecule has 4 aromatic carbocycles. The zero-order valence-corrected chi connectivity index (χ0v) is 44.1. The van der Waals surface area contributed by atoms with E-state index in [0.29, 0.717) is 8.27 Å². The van der Waals surface area contributed by atoms with E-state index >= 15 is 0 Å². The van der Waals surface area contributed by atoms with Gasteiger partial charge in [0, 0.05) is 25.2 Å². The van der Waals surface area contributed by atoms with Crippen LogP contribution in [-0.4, -0.2) is 36.9 Å². The molecule has 0 bridgehead atoms. The number of hydrogen-bond donors (Lipinski definition) is 0. The summed E-state index contributed by atoms with van der Waals surface area (Å²) < 4.78 is 15.1. The Hall–Kier alpha value is -2.43. The minimum Gasteiger partial charge on any atom is -0.496 e. The largest absolute Gasteiger partial charge is 0.496 e. The number of methoxy groups -OCH3 is 2. The van der Waals surface area contributed by atoms with Crippen molar-refractivity contribution in [3.63, 3.8) is 0 Å². The fourth-order valence-electron chi connectivity index (χ4n) is 9.58. The predicted octanol–water partition coefficient (Wildman–Crippen LogP) is 15.7. The van der Waals surface area contributed by atoms with Crippen LogP contribution in [0.3, 0.4) is 0 Å². The standard InChI is InChI=1S/C54H85NO2P2Si2/c1-10-17-38-55(51-29-25-27-31-53(51)57-9)59(46-32-34-47(35-33-46)60(39-18-11-2,40-19-12-3)41-20-13-4)58-54-37-36-48(45-50(54)49-28-24-26-30-52(49)56-8)61(42-21-14-5,43-22-15-6)44-23-16-7/h24-37,45,58H,10-23,38-44H2,1-9H3. The molecule has 0 fully saturated rings. The Bertz CT molecular complexity index is 1770. The molecular weight excluding hydrogens is 813 g/mol. The molecular formula is C54H85NO2P2Si2. The molecule has 7 heteroatoms. The Balaban J connectivity index is 2.01. The summed E-state index contributed by atoms with van der Waals surface area (Å²) in [6.45, 7) is 17.6. The van der Waals surface area contributed by atoms with E-state index in [1.54, 1.807) is 10.4 Å². The normalized spacial score (nSPS) is 12.6. The molecule has 0 aliphatic rings. The lowest BCUT2D eigenvalue weighted by Gasteiger charge is -2.37. The maximum Gasteiger partial charge on any atom is 0.142 e. The van der Waals surface area contributed by atoms with Gasteiger partial charge in [-0.3, -0.25) is 0 Å². The average molecular weight is 898 g/mol. The number of hydrogen-bond acceptors (Lipinski definition) is 3. The van der Waals surface area contributed by atoms with E-state index in [1.807, 2.05) is 14.2 Å². The second kappa shape index (κ2) is 27.7.